The SMILES string of the molecule is CC[N+](C)(CC)CC(=O)OC[C@@H]1[C@@H](C)C=C(C)C[C@@H]1C. The summed E-state index contributed by atoms with van der Waals surface area (Å²) in [5, 5.41) is 0. The maximum Gasteiger partial charge on any atom is 0.361 e. The van der Waals surface area contributed by atoms with Crippen LogP contribution in [0.1, 0.15) is 41.0 Å². The van der Waals surface area contributed by atoms with E-state index in [1.165, 1.54) is 5.57 Å². The Morgan fingerprint density at radius 3 is 2.45 bits per heavy atom. The van der Waals surface area contributed by atoms with E-state index < -0.39 is 0 Å². The van der Waals surface area contributed by atoms with Gasteiger partial charge in [-0.3, -0.25) is 0 Å². The molecule has 0 fully saturated rings. The molecule has 0 unspecified atom stereocenters. The minimum absolute atomic E-state index is 0.0538. The molecule has 0 N–H and O–H groups in total. The Balaban J connectivity index is 2.49. The van der Waals surface area contributed by atoms with Gasteiger partial charge in [-0.05, 0) is 39.0 Å². The molecule has 0 aromatic carbocycles. The van der Waals surface area contributed by atoms with Crippen LogP contribution in [0.4, 0.5) is 0 Å². The zero-order chi connectivity index (χ0) is 15.3. The summed E-state index contributed by atoms with van der Waals surface area (Å²) >= 11 is 0. The molecule has 0 spiro atoms. The number of carbonyl (C=O) groups excluding carboxylic acids is 1. The van der Waals surface area contributed by atoms with Crippen molar-refractivity contribution >= 4 is 5.97 Å². The van der Waals surface area contributed by atoms with Gasteiger partial charge in [-0.25, -0.2) is 4.79 Å². The first-order valence-corrected chi connectivity index (χ1v) is 7.97. The molecule has 0 amide bonds. The fourth-order valence-corrected chi connectivity index (χ4v) is 3.13. The van der Waals surface area contributed by atoms with Gasteiger partial charge in [-0.2, -0.15) is 0 Å². The lowest BCUT2D eigenvalue weighted by atomic mass is 9.75. The van der Waals surface area contributed by atoms with Gasteiger partial charge in [0.25, 0.3) is 0 Å². The van der Waals surface area contributed by atoms with E-state index in [9.17, 15) is 4.79 Å². The molecule has 1 aliphatic carbocycles. The smallest absolute Gasteiger partial charge is 0.361 e. The fourth-order valence-electron chi connectivity index (χ4n) is 3.13. The molecular weight excluding hydrogens is 250 g/mol. The number of hydrogen-bond donors (Lipinski definition) is 0. The molecule has 0 aromatic rings. The first kappa shape index (κ1) is 17.2. The topological polar surface area (TPSA) is 26.3 Å². The van der Waals surface area contributed by atoms with Crippen molar-refractivity contribution in [2.24, 2.45) is 17.8 Å². The maximum atomic E-state index is 12.0. The molecule has 0 aliphatic heterocycles. The maximum absolute atomic E-state index is 12.0. The summed E-state index contributed by atoms with van der Waals surface area (Å²) in [7, 11) is 2.11. The second-order valence-electron chi connectivity index (χ2n) is 6.81. The Morgan fingerprint density at radius 1 is 1.35 bits per heavy atom. The van der Waals surface area contributed by atoms with Gasteiger partial charge in [0.2, 0.25) is 0 Å². The third-order valence-corrected chi connectivity index (χ3v) is 5.07. The summed E-state index contributed by atoms with van der Waals surface area (Å²) in [6.07, 6.45) is 3.46. The summed E-state index contributed by atoms with van der Waals surface area (Å²) in [6.45, 7) is 13.9. The second kappa shape index (κ2) is 7.26. The van der Waals surface area contributed by atoms with Crippen molar-refractivity contribution in [1.29, 1.82) is 0 Å². The van der Waals surface area contributed by atoms with E-state index in [1.54, 1.807) is 0 Å². The first-order chi connectivity index (χ1) is 9.31. The number of carbonyl (C=O) groups is 1. The van der Waals surface area contributed by atoms with Gasteiger partial charge < -0.3 is 9.22 Å². The van der Waals surface area contributed by atoms with Crippen LogP contribution in [0, 0.1) is 17.8 Å². The molecule has 0 bridgehead atoms. The van der Waals surface area contributed by atoms with Crippen LogP contribution in [0.3, 0.4) is 0 Å². The van der Waals surface area contributed by atoms with E-state index >= 15 is 0 Å². The quantitative estimate of drug-likeness (QED) is 0.425. The summed E-state index contributed by atoms with van der Waals surface area (Å²) in [5.41, 5.74) is 1.47. The lowest BCUT2D eigenvalue weighted by molar-refractivity contribution is -0.899. The van der Waals surface area contributed by atoms with Gasteiger partial charge in [0.15, 0.2) is 6.54 Å². The lowest BCUT2D eigenvalue weighted by Crippen LogP contribution is -2.48. The predicted molar refractivity (Wildman–Crippen MR) is 83.3 cm³/mol. The Bertz CT molecular complexity index is 358. The molecule has 3 heteroatoms. The average Bonchev–Trinajstić information content (AvgIpc) is 2.37. The largest absolute Gasteiger partial charge is 0.461 e. The van der Waals surface area contributed by atoms with E-state index in [2.05, 4.69) is 47.7 Å². The average molecular weight is 282 g/mol. The minimum atomic E-state index is -0.0538. The van der Waals surface area contributed by atoms with Crippen LogP contribution in [-0.4, -0.2) is 43.7 Å². The van der Waals surface area contributed by atoms with Gasteiger partial charge in [0.05, 0.1) is 26.7 Å². The fraction of sp³-hybridized carbons (Fsp3) is 0.824. The van der Waals surface area contributed by atoms with Gasteiger partial charge >= 0.3 is 5.97 Å². The summed E-state index contributed by atoms with van der Waals surface area (Å²) < 4.78 is 6.33. The van der Waals surface area contributed by atoms with Crippen molar-refractivity contribution < 1.29 is 14.0 Å². The molecule has 20 heavy (non-hydrogen) atoms. The summed E-state index contributed by atoms with van der Waals surface area (Å²) in [4.78, 5) is 12.0. The normalized spacial score (nSPS) is 27.1. The second-order valence-corrected chi connectivity index (χ2v) is 6.81. The van der Waals surface area contributed by atoms with Crippen molar-refractivity contribution in [3.63, 3.8) is 0 Å². The number of hydrogen-bond acceptors (Lipinski definition) is 2. The van der Waals surface area contributed by atoms with E-state index in [0.717, 1.165) is 24.0 Å². The number of esters is 1. The first-order valence-electron chi connectivity index (χ1n) is 7.97. The number of allylic oxidation sites excluding steroid dienone is 2. The standard InChI is InChI=1S/C17H32NO2/c1-7-18(6,8-2)11-17(19)20-12-16-14(4)9-13(3)10-15(16)5/h9,14-16H,7-8,10-12H2,1-6H3/q+1/t14-,15-,16+/m0/s1. The highest BCUT2D eigenvalue weighted by Crippen LogP contribution is 2.33. The molecular formula is C17H32NO2+. The van der Waals surface area contributed by atoms with Crippen molar-refractivity contribution in [3.8, 4) is 0 Å². The predicted octanol–water partition coefficient (Wildman–Crippen LogP) is 3.25. The lowest BCUT2D eigenvalue weighted by Gasteiger charge is -2.34. The molecule has 1 rings (SSSR count). The molecule has 0 saturated carbocycles. The highest BCUT2D eigenvalue weighted by atomic mass is 16.5. The number of nitrogens with zero attached hydrogens (tertiary/aromatic N) is 1. The molecule has 0 radical (unpaired) electrons. The van der Waals surface area contributed by atoms with Crippen LogP contribution in [0.25, 0.3) is 0 Å². The number of rotatable bonds is 6. The molecule has 3 nitrogen and oxygen atoms in total. The summed E-state index contributed by atoms with van der Waals surface area (Å²) in [6, 6.07) is 0. The number of quaternary nitrogens is 1. The van der Waals surface area contributed by atoms with E-state index in [0.29, 0.717) is 30.9 Å². The molecule has 1 aliphatic rings. The van der Waals surface area contributed by atoms with Crippen LogP contribution < -0.4 is 0 Å². The minimum Gasteiger partial charge on any atom is -0.461 e. The third-order valence-electron chi connectivity index (χ3n) is 5.07. The zero-order valence-corrected chi connectivity index (χ0v) is 14.1. The van der Waals surface area contributed by atoms with E-state index in [1.807, 2.05) is 0 Å². The van der Waals surface area contributed by atoms with Gasteiger partial charge in [0.1, 0.15) is 0 Å². The van der Waals surface area contributed by atoms with Crippen LogP contribution in [-0.2, 0) is 9.53 Å². The van der Waals surface area contributed by atoms with Crippen molar-refractivity contribution in [3.05, 3.63) is 11.6 Å². The monoisotopic (exact) mass is 282 g/mol. The van der Waals surface area contributed by atoms with Gasteiger partial charge in [-0.1, -0.05) is 25.5 Å². The zero-order valence-electron chi connectivity index (χ0n) is 14.1. The Hall–Kier alpha value is -0.830. The van der Waals surface area contributed by atoms with Crippen LogP contribution in [0.15, 0.2) is 11.6 Å². The van der Waals surface area contributed by atoms with Crippen molar-refractivity contribution in [1.82, 2.24) is 0 Å². The molecule has 3 atom stereocenters. The molecule has 0 saturated heterocycles. The van der Waals surface area contributed by atoms with Crippen molar-refractivity contribution in [2.75, 3.05) is 33.3 Å². The highest BCUT2D eigenvalue weighted by Gasteiger charge is 2.29. The number of ether oxygens (including phenoxy) is 1. The van der Waals surface area contributed by atoms with Crippen LogP contribution in [0.5, 0.6) is 0 Å². The molecule has 0 aromatic heterocycles. The Labute approximate surface area is 124 Å². The molecule has 0 heterocycles. The van der Waals surface area contributed by atoms with Crippen LogP contribution in [0.2, 0.25) is 0 Å². The third kappa shape index (κ3) is 4.62. The van der Waals surface area contributed by atoms with Crippen LogP contribution >= 0.6 is 0 Å². The highest BCUT2D eigenvalue weighted by molar-refractivity contribution is 5.70. The van der Waals surface area contributed by atoms with E-state index in [4.69, 9.17) is 4.74 Å². The number of likely N-dealkylation sites (N-methyl/N-ethyl adjacent to an activating group) is 1. The Kier molecular flexibility index (Phi) is 6.25. The Morgan fingerprint density at radius 2 is 1.95 bits per heavy atom. The van der Waals surface area contributed by atoms with E-state index in [-0.39, 0.29) is 5.97 Å². The van der Waals surface area contributed by atoms with Gasteiger partial charge in [-0.15, -0.1) is 0 Å². The van der Waals surface area contributed by atoms with Gasteiger partial charge in [0, 0.05) is 5.92 Å². The summed E-state index contributed by atoms with van der Waals surface area (Å²) in [5.74, 6) is 1.51. The molecule has 116 valence electrons. The van der Waals surface area contributed by atoms with Crippen molar-refractivity contribution in [2.45, 2.75) is 41.0 Å².